The maximum atomic E-state index is 12.6. The molecule has 0 atom stereocenters. The Morgan fingerprint density at radius 1 is 1.17 bits per heavy atom. The van der Waals surface area contributed by atoms with Crippen LogP contribution in [0.3, 0.4) is 0 Å². The van der Waals surface area contributed by atoms with Gasteiger partial charge in [0.15, 0.2) is 0 Å². The van der Waals surface area contributed by atoms with Crippen LogP contribution in [-0.2, 0) is 16.6 Å². The van der Waals surface area contributed by atoms with Crippen LogP contribution in [0.25, 0.3) is 10.2 Å². The van der Waals surface area contributed by atoms with Crippen molar-refractivity contribution in [3.8, 4) is 0 Å². The van der Waals surface area contributed by atoms with Crippen molar-refractivity contribution in [2.75, 3.05) is 4.72 Å². The van der Waals surface area contributed by atoms with E-state index in [1.54, 1.807) is 28.8 Å². The van der Waals surface area contributed by atoms with Crippen LogP contribution in [0.2, 0.25) is 0 Å². The molecule has 120 valence electrons. The summed E-state index contributed by atoms with van der Waals surface area (Å²) >= 11 is 1.06. The Morgan fingerprint density at radius 3 is 2.61 bits per heavy atom. The molecule has 1 aromatic heterocycles. The van der Waals surface area contributed by atoms with Crippen molar-refractivity contribution >= 4 is 37.3 Å². The largest absolute Gasteiger partial charge is 0.308 e. The minimum atomic E-state index is -3.69. The fourth-order valence-corrected chi connectivity index (χ4v) is 4.63. The van der Waals surface area contributed by atoms with Crippen LogP contribution in [0.5, 0.6) is 0 Å². The van der Waals surface area contributed by atoms with Crippen LogP contribution in [0.1, 0.15) is 12.5 Å². The number of para-hydroxylation sites is 1. The summed E-state index contributed by atoms with van der Waals surface area (Å²) in [6.45, 7) is 4.29. The summed E-state index contributed by atoms with van der Waals surface area (Å²) in [5, 5.41) is 0. The van der Waals surface area contributed by atoms with Gasteiger partial charge < -0.3 is 0 Å². The third-order valence-corrected chi connectivity index (χ3v) is 5.96. The summed E-state index contributed by atoms with van der Waals surface area (Å²) in [5.41, 5.74) is 2.16. The van der Waals surface area contributed by atoms with Crippen molar-refractivity contribution in [2.24, 2.45) is 0 Å². The molecule has 0 unspecified atom stereocenters. The van der Waals surface area contributed by atoms with E-state index >= 15 is 0 Å². The average Bonchev–Trinajstić information content (AvgIpc) is 2.83. The zero-order valence-corrected chi connectivity index (χ0v) is 14.4. The van der Waals surface area contributed by atoms with Crippen molar-refractivity contribution < 1.29 is 8.42 Å². The second kappa shape index (κ2) is 5.82. The first-order valence-corrected chi connectivity index (χ1v) is 9.44. The second-order valence-corrected chi connectivity index (χ2v) is 7.84. The standard InChI is InChI=1S/C16H16N2O3S2/c1-3-18-14-9-8-12(10-15(14)22-16(18)19)23(20,21)17-13-7-5-4-6-11(13)2/h4-10,17H,3H2,1-2H3. The smallest absolute Gasteiger partial charge is 0.299 e. The van der Waals surface area contributed by atoms with Crippen LogP contribution in [-0.4, -0.2) is 13.0 Å². The third kappa shape index (κ3) is 2.89. The highest BCUT2D eigenvalue weighted by Gasteiger charge is 2.17. The van der Waals surface area contributed by atoms with E-state index in [0.29, 0.717) is 16.9 Å². The third-order valence-electron chi connectivity index (χ3n) is 3.66. The molecule has 0 amide bonds. The number of aromatic nitrogens is 1. The van der Waals surface area contributed by atoms with E-state index in [1.807, 2.05) is 26.0 Å². The minimum Gasteiger partial charge on any atom is -0.299 e. The molecule has 0 radical (unpaired) electrons. The number of aryl methyl sites for hydroxylation is 2. The first-order valence-electron chi connectivity index (χ1n) is 7.14. The van der Waals surface area contributed by atoms with E-state index in [1.165, 1.54) is 6.07 Å². The Hall–Kier alpha value is -2.12. The maximum Gasteiger partial charge on any atom is 0.308 e. The topological polar surface area (TPSA) is 68.2 Å². The number of fused-ring (bicyclic) bond motifs is 1. The lowest BCUT2D eigenvalue weighted by Crippen LogP contribution is -2.13. The summed E-state index contributed by atoms with van der Waals surface area (Å²) in [5.74, 6) is 0. The summed E-state index contributed by atoms with van der Waals surface area (Å²) < 4.78 is 30.0. The fraction of sp³-hybridized carbons (Fsp3) is 0.188. The zero-order valence-electron chi connectivity index (χ0n) is 12.7. The van der Waals surface area contributed by atoms with Crippen molar-refractivity contribution in [3.63, 3.8) is 0 Å². The predicted octanol–water partition coefficient (Wildman–Crippen LogP) is 3.19. The van der Waals surface area contributed by atoms with Gasteiger partial charge in [0.1, 0.15) is 0 Å². The highest BCUT2D eigenvalue weighted by atomic mass is 32.2. The number of nitrogens with zero attached hydrogens (tertiary/aromatic N) is 1. The summed E-state index contributed by atoms with van der Waals surface area (Å²) in [4.78, 5) is 12.0. The zero-order chi connectivity index (χ0) is 16.6. The normalized spacial score (nSPS) is 11.7. The number of rotatable bonds is 4. The molecule has 0 bridgehead atoms. The molecule has 0 saturated carbocycles. The number of thiazole rings is 1. The number of hydrogen-bond acceptors (Lipinski definition) is 4. The van der Waals surface area contributed by atoms with Crippen LogP contribution in [0.4, 0.5) is 5.69 Å². The number of nitrogens with one attached hydrogen (secondary N) is 1. The quantitative estimate of drug-likeness (QED) is 0.787. The van der Waals surface area contributed by atoms with E-state index in [2.05, 4.69) is 4.72 Å². The van der Waals surface area contributed by atoms with Crippen LogP contribution in [0.15, 0.2) is 52.2 Å². The van der Waals surface area contributed by atoms with Gasteiger partial charge in [-0.05, 0) is 43.7 Å². The lowest BCUT2D eigenvalue weighted by molar-refractivity contribution is 0.601. The molecule has 0 aliphatic carbocycles. The van der Waals surface area contributed by atoms with E-state index in [9.17, 15) is 13.2 Å². The van der Waals surface area contributed by atoms with Crippen molar-refractivity contribution in [3.05, 3.63) is 57.7 Å². The molecule has 7 heteroatoms. The number of benzene rings is 2. The highest BCUT2D eigenvalue weighted by Crippen LogP contribution is 2.24. The predicted molar refractivity (Wildman–Crippen MR) is 93.7 cm³/mol. The van der Waals surface area contributed by atoms with E-state index in [-0.39, 0.29) is 9.77 Å². The van der Waals surface area contributed by atoms with Gasteiger partial charge in [-0.25, -0.2) is 8.42 Å². The van der Waals surface area contributed by atoms with Gasteiger partial charge in [-0.15, -0.1) is 0 Å². The minimum absolute atomic E-state index is 0.0797. The Balaban J connectivity index is 2.05. The average molecular weight is 348 g/mol. The second-order valence-electron chi connectivity index (χ2n) is 5.16. The van der Waals surface area contributed by atoms with E-state index in [4.69, 9.17) is 0 Å². The first-order chi connectivity index (χ1) is 10.9. The van der Waals surface area contributed by atoms with E-state index < -0.39 is 10.0 Å². The molecule has 1 N–H and O–H groups in total. The number of hydrogen-bond donors (Lipinski definition) is 1. The Kier molecular flexibility index (Phi) is 3.99. The summed E-state index contributed by atoms with van der Waals surface area (Å²) in [6, 6.07) is 12.0. The molecule has 0 aliphatic heterocycles. The van der Waals surface area contributed by atoms with E-state index in [0.717, 1.165) is 22.4 Å². The monoisotopic (exact) mass is 348 g/mol. The van der Waals surface area contributed by atoms with Gasteiger partial charge in [0.2, 0.25) is 0 Å². The molecule has 0 saturated heterocycles. The van der Waals surface area contributed by atoms with Crippen molar-refractivity contribution in [2.45, 2.75) is 25.3 Å². The molecule has 0 spiro atoms. The summed E-state index contributed by atoms with van der Waals surface area (Å²) in [6.07, 6.45) is 0. The van der Waals surface area contributed by atoms with Crippen molar-refractivity contribution in [1.82, 2.24) is 4.57 Å². The van der Waals surface area contributed by atoms with Crippen LogP contribution >= 0.6 is 11.3 Å². The molecule has 3 aromatic rings. The molecule has 2 aromatic carbocycles. The lowest BCUT2D eigenvalue weighted by Gasteiger charge is -2.10. The van der Waals surface area contributed by atoms with Gasteiger partial charge in [0.25, 0.3) is 10.0 Å². The molecule has 0 aliphatic rings. The summed E-state index contributed by atoms with van der Waals surface area (Å²) in [7, 11) is -3.69. The Morgan fingerprint density at radius 2 is 1.91 bits per heavy atom. The molecule has 0 fully saturated rings. The fourth-order valence-electron chi connectivity index (χ4n) is 2.40. The molecular weight excluding hydrogens is 332 g/mol. The Labute approximate surface area is 138 Å². The maximum absolute atomic E-state index is 12.6. The molecular formula is C16H16N2O3S2. The van der Waals surface area contributed by atoms with Gasteiger partial charge >= 0.3 is 4.87 Å². The van der Waals surface area contributed by atoms with Crippen molar-refractivity contribution in [1.29, 1.82) is 0 Å². The highest BCUT2D eigenvalue weighted by molar-refractivity contribution is 7.92. The molecule has 1 heterocycles. The van der Waals surface area contributed by atoms with Gasteiger partial charge in [-0.2, -0.15) is 0 Å². The molecule has 5 nitrogen and oxygen atoms in total. The lowest BCUT2D eigenvalue weighted by atomic mass is 10.2. The van der Waals surface area contributed by atoms with Gasteiger partial charge in [0.05, 0.1) is 20.8 Å². The number of anilines is 1. The molecule has 23 heavy (non-hydrogen) atoms. The Bertz CT molecular complexity index is 1030. The van der Waals surface area contributed by atoms with Crippen LogP contribution < -0.4 is 9.60 Å². The number of sulfonamides is 1. The molecule has 3 rings (SSSR count). The van der Waals surface area contributed by atoms with Gasteiger partial charge in [-0.3, -0.25) is 14.1 Å². The van der Waals surface area contributed by atoms with Crippen LogP contribution in [0, 0.1) is 6.92 Å². The first kappa shape index (κ1) is 15.8. The van der Waals surface area contributed by atoms with Gasteiger partial charge in [-0.1, -0.05) is 29.5 Å². The SMILES string of the molecule is CCn1c(=O)sc2cc(S(=O)(=O)Nc3ccccc3C)ccc21. The van der Waals surface area contributed by atoms with Gasteiger partial charge in [0, 0.05) is 6.54 Å².